The van der Waals surface area contributed by atoms with Gasteiger partial charge in [-0.2, -0.15) is 0 Å². The van der Waals surface area contributed by atoms with E-state index in [4.69, 9.17) is 5.73 Å². The fourth-order valence-electron chi connectivity index (χ4n) is 3.38. The average molecular weight is 207 g/mol. The lowest BCUT2D eigenvalue weighted by Gasteiger charge is -2.36. The highest BCUT2D eigenvalue weighted by molar-refractivity contribution is 5.17. The van der Waals surface area contributed by atoms with Gasteiger partial charge in [-0.25, -0.2) is 0 Å². The minimum absolute atomic E-state index is 0.414. The van der Waals surface area contributed by atoms with Crippen molar-refractivity contribution in [2.24, 2.45) is 11.1 Å². The van der Waals surface area contributed by atoms with Crippen LogP contribution in [0.15, 0.2) is 11.6 Å². The Bertz CT molecular complexity index is 221. The monoisotopic (exact) mass is 207 g/mol. The molecule has 0 heterocycles. The van der Waals surface area contributed by atoms with Crippen LogP contribution in [0.2, 0.25) is 0 Å². The predicted molar refractivity (Wildman–Crippen MR) is 65.7 cm³/mol. The molecule has 0 unspecified atom stereocenters. The van der Waals surface area contributed by atoms with E-state index in [2.05, 4.69) is 6.08 Å². The molecule has 2 rings (SSSR count). The zero-order valence-corrected chi connectivity index (χ0v) is 9.93. The lowest BCUT2D eigenvalue weighted by Crippen LogP contribution is -2.32. The van der Waals surface area contributed by atoms with Gasteiger partial charge in [-0.3, -0.25) is 0 Å². The first kappa shape index (κ1) is 11.2. The summed E-state index contributed by atoms with van der Waals surface area (Å²) in [6, 6.07) is 0. The van der Waals surface area contributed by atoms with E-state index in [1.54, 1.807) is 5.57 Å². The average Bonchev–Trinajstić information content (AvgIpc) is 2.56. The molecule has 0 atom stereocenters. The molecule has 0 amide bonds. The Morgan fingerprint density at radius 3 is 2.27 bits per heavy atom. The van der Waals surface area contributed by atoms with Crippen LogP contribution in [0.25, 0.3) is 0 Å². The van der Waals surface area contributed by atoms with Gasteiger partial charge in [0.2, 0.25) is 0 Å². The van der Waals surface area contributed by atoms with Crippen LogP contribution in [0.4, 0.5) is 0 Å². The van der Waals surface area contributed by atoms with Gasteiger partial charge in [0.1, 0.15) is 0 Å². The molecule has 0 spiro atoms. The Kier molecular flexibility index (Phi) is 3.85. The van der Waals surface area contributed by atoms with E-state index in [0.717, 1.165) is 6.54 Å². The second-order valence-corrected chi connectivity index (χ2v) is 5.37. The van der Waals surface area contributed by atoms with Gasteiger partial charge >= 0.3 is 0 Å². The fraction of sp³-hybridized carbons (Fsp3) is 0.857. The molecule has 0 aromatic carbocycles. The van der Waals surface area contributed by atoms with Gasteiger partial charge in [0.05, 0.1) is 0 Å². The summed E-state index contributed by atoms with van der Waals surface area (Å²) in [5.74, 6) is 0. The van der Waals surface area contributed by atoms with E-state index in [1.807, 2.05) is 0 Å². The Morgan fingerprint density at radius 2 is 1.73 bits per heavy atom. The maximum absolute atomic E-state index is 6.10. The number of rotatable bonds is 2. The third kappa shape index (κ3) is 2.44. The second kappa shape index (κ2) is 5.16. The van der Waals surface area contributed by atoms with Crippen molar-refractivity contribution in [3.8, 4) is 0 Å². The summed E-state index contributed by atoms with van der Waals surface area (Å²) in [7, 11) is 0. The largest absolute Gasteiger partial charge is 0.330 e. The molecule has 1 saturated carbocycles. The molecular weight excluding hydrogens is 182 g/mol. The van der Waals surface area contributed by atoms with Crippen molar-refractivity contribution in [1.29, 1.82) is 0 Å². The van der Waals surface area contributed by atoms with Crippen molar-refractivity contribution in [2.45, 2.75) is 64.2 Å². The fourth-order valence-corrected chi connectivity index (χ4v) is 3.38. The van der Waals surface area contributed by atoms with Gasteiger partial charge < -0.3 is 5.73 Å². The van der Waals surface area contributed by atoms with E-state index in [1.165, 1.54) is 64.2 Å². The molecule has 0 saturated heterocycles. The molecule has 0 bridgehead atoms. The van der Waals surface area contributed by atoms with Gasteiger partial charge in [0.15, 0.2) is 0 Å². The van der Waals surface area contributed by atoms with Gasteiger partial charge in [-0.1, -0.05) is 37.3 Å². The summed E-state index contributed by atoms with van der Waals surface area (Å²) >= 11 is 0. The summed E-state index contributed by atoms with van der Waals surface area (Å²) in [6.45, 7) is 0.888. The Hall–Kier alpha value is -0.300. The Labute approximate surface area is 94.1 Å². The van der Waals surface area contributed by atoms with E-state index in [9.17, 15) is 0 Å². The highest BCUT2D eigenvalue weighted by Gasteiger charge is 2.33. The van der Waals surface area contributed by atoms with Gasteiger partial charge in [-0.05, 0) is 38.5 Å². The summed E-state index contributed by atoms with van der Waals surface area (Å²) in [6.07, 6.45) is 16.3. The molecule has 1 heteroatoms. The van der Waals surface area contributed by atoms with Crippen molar-refractivity contribution >= 4 is 0 Å². The molecule has 2 aliphatic carbocycles. The molecule has 1 fully saturated rings. The zero-order chi connectivity index (χ0) is 10.6. The summed E-state index contributed by atoms with van der Waals surface area (Å²) in [4.78, 5) is 0. The van der Waals surface area contributed by atoms with Crippen LogP contribution in [0, 0.1) is 5.41 Å². The molecule has 2 aliphatic rings. The van der Waals surface area contributed by atoms with Crippen LogP contribution in [-0.4, -0.2) is 6.54 Å². The van der Waals surface area contributed by atoms with Gasteiger partial charge in [-0.15, -0.1) is 0 Å². The number of hydrogen-bond donors (Lipinski definition) is 1. The standard InChI is InChI=1S/C14H25N/c15-12-14(10-6-1-2-7-11-14)13-8-4-3-5-9-13/h8H,1-7,9-12,15H2. The van der Waals surface area contributed by atoms with Crippen molar-refractivity contribution in [2.75, 3.05) is 6.54 Å². The van der Waals surface area contributed by atoms with Gasteiger partial charge in [0, 0.05) is 12.0 Å². The lowest BCUT2D eigenvalue weighted by molar-refractivity contribution is 0.299. The minimum atomic E-state index is 0.414. The Balaban J connectivity index is 2.14. The molecule has 2 N–H and O–H groups in total. The van der Waals surface area contributed by atoms with Crippen LogP contribution in [0.5, 0.6) is 0 Å². The molecule has 1 nitrogen and oxygen atoms in total. The maximum Gasteiger partial charge on any atom is 0.00345 e. The molecule has 86 valence electrons. The highest BCUT2D eigenvalue weighted by atomic mass is 14.6. The quantitative estimate of drug-likeness (QED) is 0.541. The number of hydrogen-bond acceptors (Lipinski definition) is 1. The first-order chi connectivity index (χ1) is 7.37. The van der Waals surface area contributed by atoms with E-state index < -0.39 is 0 Å². The van der Waals surface area contributed by atoms with Crippen molar-refractivity contribution < 1.29 is 0 Å². The lowest BCUT2D eigenvalue weighted by atomic mass is 9.70. The topological polar surface area (TPSA) is 26.0 Å². The van der Waals surface area contributed by atoms with Crippen molar-refractivity contribution in [3.05, 3.63) is 11.6 Å². The van der Waals surface area contributed by atoms with E-state index >= 15 is 0 Å². The summed E-state index contributed by atoms with van der Waals surface area (Å²) < 4.78 is 0. The first-order valence-corrected chi connectivity index (χ1v) is 6.77. The molecule has 0 radical (unpaired) electrons. The van der Waals surface area contributed by atoms with Crippen LogP contribution in [-0.2, 0) is 0 Å². The summed E-state index contributed by atoms with van der Waals surface area (Å²) in [5, 5.41) is 0. The third-order valence-corrected chi connectivity index (χ3v) is 4.42. The van der Waals surface area contributed by atoms with E-state index in [0.29, 0.717) is 5.41 Å². The maximum atomic E-state index is 6.10. The molecular formula is C14H25N. The molecule has 0 aliphatic heterocycles. The van der Waals surface area contributed by atoms with Crippen molar-refractivity contribution in [3.63, 3.8) is 0 Å². The van der Waals surface area contributed by atoms with Crippen LogP contribution in [0.3, 0.4) is 0 Å². The molecule has 0 aromatic rings. The number of nitrogens with two attached hydrogens (primary N) is 1. The highest BCUT2D eigenvalue weighted by Crippen LogP contribution is 2.43. The molecule has 15 heavy (non-hydrogen) atoms. The zero-order valence-electron chi connectivity index (χ0n) is 9.93. The smallest absolute Gasteiger partial charge is 0.00345 e. The number of allylic oxidation sites excluding steroid dienone is 1. The van der Waals surface area contributed by atoms with Crippen LogP contribution >= 0.6 is 0 Å². The SMILES string of the molecule is NCC1(C2=CCCCC2)CCCCCC1. The first-order valence-electron chi connectivity index (χ1n) is 6.77. The third-order valence-electron chi connectivity index (χ3n) is 4.42. The van der Waals surface area contributed by atoms with Crippen LogP contribution < -0.4 is 5.73 Å². The Morgan fingerprint density at radius 1 is 1.00 bits per heavy atom. The van der Waals surface area contributed by atoms with Crippen LogP contribution in [0.1, 0.15) is 64.2 Å². The van der Waals surface area contributed by atoms with Crippen molar-refractivity contribution in [1.82, 2.24) is 0 Å². The minimum Gasteiger partial charge on any atom is -0.330 e. The predicted octanol–water partition coefficient (Wildman–Crippen LogP) is 3.79. The van der Waals surface area contributed by atoms with E-state index in [-0.39, 0.29) is 0 Å². The summed E-state index contributed by atoms with van der Waals surface area (Å²) in [5.41, 5.74) is 8.23. The second-order valence-electron chi connectivity index (χ2n) is 5.37. The van der Waals surface area contributed by atoms with Gasteiger partial charge in [0.25, 0.3) is 0 Å². The normalized spacial score (nSPS) is 26.9. The molecule has 0 aromatic heterocycles.